The highest BCUT2D eigenvalue weighted by Gasteiger charge is 2.48. The van der Waals surface area contributed by atoms with Gasteiger partial charge in [-0.25, -0.2) is 0 Å². The predicted molar refractivity (Wildman–Crippen MR) is 444 cm³/mol. The molecule has 0 saturated heterocycles. The van der Waals surface area contributed by atoms with E-state index in [1.54, 1.807) is 0 Å². The van der Waals surface area contributed by atoms with Gasteiger partial charge in [-0.3, -0.25) is 0 Å². The fraction of sp³-hybridized carbons (Fsp3) is 0.125. The minimum atomic E-state index is -3.16. The predicted octanol–water partition coefficient (Wildman–Crippen LogP) is 17.2. The molecule has 14 aromatic carbocycles. The zero-order valence-electron chi connectivity index (χ0n) is 59.8. The van der Waals surface area contributed by atoms with Gasteiger partial charge in [-0.15, -0.1) is 0 Å². The summed E-state index contributed by atoms with van der Waals surface area (Å²) in [7, 11) is -6.26. The maximum atomic E-state index is 2.71. The number of para-hydroxylation sites is 2. The summed E-state index contributed by atoms with van der Waals surface area (Å²) in [5.41, 5.74) is 20.3. The monoisotopic (exact) mass is 1350 g/mol. The van der Waals surface area contributed by atoms with E-state index in [1.165, 1.54) is 108 Å². The van der Waals surface area contributed by atoms with Crippen LogP contribution in [0.4, 0.5) is 34.1 Å². The molecule has 0 amide bonds. The highest BCUT2D eigenvalue weighted by atomic mass is 28.3. The lowest BCUT2D eigenvalue weighted by atomic mass is 9.33. The summed E-state index contributed by atoms with van der Waals surface area (Å²) in [6, 6.07) is 134. The van der Waals surface area contributed by atoms with Gasteiger partial charge in [0.05, 0.1) is 16.7 Å². The van der Waals surface area contributed by atoms with Crippen LogP contribution in [0.3, 0.4) is 0 Å². The average molecular weight is 1350 g/mol. The standard InChI is InChI=1S/C96H84BN3Si2/c1-94(2,3)69-52-54-72(55-53-69)98-89-61-67(68-59-70(95(4,5)6)62-71(60-68)96(7,8)9)51-57-85(89)97-86-58-56-82(102(78-40-22-13-23-41-78,79-42-24-14-25-43-79)80-44-26-15-27-45-80)66-90(86)99(92-65-74(64-91(98)93(92)97)100-87-49-30-28-47-83(87)84-48-29-31-50-88(84)100)73-33-32-46-81(63-73)101(75-34-16-10-17-35-75,76-36-18-11-19-37-76)77-38-20-12-21-39-77/h10-66H,1-9H3. The third kappa shape index (κ3) is 10.6. The number of rotatable bonds is 12. The van der Waals surface area contributed by atoms with E-state index >= 15 is 0 Å². The van der Waals surface area contributed by atoms with E-state index in [2.05, 4.69) is 422 Å². The van der Waals surface area contributed by atoms with Crippen LogP contribution in [0.2, 0.25) is 0 Å². The van der Waals surface area contributed by atoms with Crippen molar-refractivity contribution in [3.63, 3.8) is 0 Å². The molecule has 0 N–H and O–H groups in total. The number of nitrogens with zero attached hydrogens (tertiary/aromatic N) is 3. The lowest BCUT2D eigenvalue weighted by molar-refractivity contribution is 0.569. The van der Waals surface area contributed by atoms with Crippen LogP contribution in [0, 0.1) is 0 Å². The highest BCUT2D eigenvalue weighted by Crippen LogP contribution is 2.48. The molecule has 102 heavy (non-hydrogen) atoms. The Labute approximate surface area is 604 Å². The van der Waals surface area contributed by atoms with E-state index in [9.17, 15) is 0 Å². The van der Waals surface area contributed by atoms with Gasteiger partial charge in [-0.1, -0.05) is 347 Å². The maximum absolute atomic E-state index is 3.16. The molecule has 0 radical (unpaired) electrons. The summed E-state index contributed by atoms with van der Waals surface area (Å²) in [5, 5.41) is 13.1. The summed E-state index contributed by atoms with van der Waals surface area (Å²) < 4.78 is 2.55. The SMILES string of the molecule is CC(C)(C)c1ccc(N2c3cc(-c4cc(C(C)(C)C)cc(C(C)(C)C)c4)ccc3B3c4ccc([Si](c5ccccc5)(c5ccccc5)c5ccccc5)cc4N(c4cccc([Si](c5ccccc5)(c5ccccc5)c5ccccc5)c4)c4cc(-n5c6ccccc6c6ccccc65)cc2c43)cc1. The van der Waals surface area contributed by atoms with Crippen molar-refractivity contribution in [2.45, 2.75) is 78.6 Å². The van der Waals surface area contributed by atoms with Crippen LogP contribution in [0.25, 0.3) is 38.6 Å². The highest BCUT2D eigenvalue weighted by molar-refractivity contribution is 7.20. The van der Waals surface area contributed by atoms with E-state index in [0.717, 1.165) is 39.5 Å². The zero-order chi connectivity index (χ0) is 69.7. The van der Waals surface area contributed by atoms with Gasteiger partial charge in [0.2, 0.25) is 0 Å². The van der Waals surface area contributed by atoms with Gasteiger partial charge in [0.1, 0.15) is 0 Å². The molecule has 15 aromatic rings. The molecule has 17 rings (SSSR count). The second-order valence-corrected chi connectivity index (χ2v) is 38.9. The third-order valence-corrected chi connectivity index (χ3v) is 31.6. The lowest BCUT2D eigenvalue weighted by Crippen LogP contribution is -2.75. The summed E-state index contributed by atoms with van der Waals surface area (Å²) in [4.78, 5) is 5.35. The Bertz CT molecular complexity index is 5360. The zero-order valence-corrected chi connectivity index (χ0v) is 61.8. The minimum Gasteiger partial charge on any atom is -0.311 e. The Balaban J connectivity index is 1.04. The molecule has 2 aliphatic rings. The normalized spacial score (nSPS) is 13.1. The molecule has 2 aliphatic heterocycles. The van der Waals surface area contributed by atoms with Crippen molar-refractivity contribution in [1.82, 2.24) is 4.57 Å². The van der Waals surface area contributed by atoms with E-state index in [4.69, 9.17) is 0 Å². The van der Waals surface area contributed by atoms with Crippen molar-refractivity contribution in [3.8, 4) is 16.8 Å². The molecule has 3 heterocycles. The number of hydrogen-bond donors (Lipinski definition) is 0. The average Bonchev–Trinajstić information content (AvgIpc) is 0.772. The van der Waals surface area contributed by atoms with E-state index in [-0.39, 0.29) is 23.0 Å². The molecule has 0 aliphatic carbocycles. The first kappa shape index (κ1) is 64.4. The Morgan fingerprint density at radius 2 is 0.618 bits per heavy atom. The molecule has 0 spiro atoms. The first-order valence-corrected chi connectivity index (χ1v) is 40.3. The largest absolute Gasteiger partial charge is 0.311 e. The second-order valence-electron chi connectivity index (χ2n) is 31.3. The number of aromatic nitrogens is 1. The van der Waals surface area contributed by atoms with Crippen LogP contribution < -0.4 is 67.7 Å². The van der Waals surface area contributed by atoms with Crippen LogP contribution in [0.1, 0.15) is 79.0 Å². The van der Waals surface area contributed by atoms with Crippen LogP contribution in [0.5, 0.6) is 0 Å². The molecule has 6 heteroatoms. The van der Waals surface area contributed by atoms with Crippen LogP contribution in [0.15, 0.2) is 346 Å². The van der Waals surface area contributed by atoms with Crippen LogP contribution in [-0.2, 0) is 16.2 Å². The quantitative estimate of drug-likeness (QED) is 0.0892. The van der Waals surface area contributed by atoms with Crippen molar-refractivity contribution in [1.29, 1.82) is 0 Å². The molecule has 0 atom stereocenters. The van der Waals surface area contributed by atoms with Gasteiger partial charge in [0.15, 0.2) is 16.1 Å². The minimum absolute atomic E-state index is 0.0589. The van der Waals surface area contributed by atoms with E-state index in [1.807, 2.05) is 0 Å². The fourth-order valence-corrected chi connectivity index (χ4v) is 26.6. The molecule has 0 fully saturated rings. The molecule has 3 nitrogen and oxygen atoms in total. The first-order chi connectivity index (χ1) is 49.5. The van der Waals surface area contributed by atoms with E-state index in [0.29, 0.717) is 0 Å². The maximum Gasteiger partial charge on any atom is 0.252 e. The number of benzene rings is 14. The van der Waals surface area contributed by atoms with Crippen molar-refractivity contribution in [2.24, 2.45) is 0 Å². The van der Waals surface area contributed by atoms with Crippen LogP contribution >= 0.6 is 0 Å². The van der Waals surface area contributed by atoms with Crippen molar-refractivity contribution >= 4 is 137 Å². The van der Waals surface area contributed by atoms with Gasteiger partial charge in [0.25, 0.3) is 6.71 Å². The van der Waals surface area contributed by atoms with Gasteiger partial charge in [-0.05, 0) is 163 Å². The molecular formula is C96H84BN3Si2. The Morgan fingerprint density at radius 3 is 1.05 bits per heavy atom. The number of hydrogen-bond acceptors (Lipinski definition) is 2. The van der Waals surface area contributed by atoms with Gasteiger partial charge in [-0.2, -0.15) is 0 Å². The van der Waals surface area contributed by atoms with E-state index < -0.39 is 16.1 Å². The fourth-order valence-electron chi connectivity index (χ4n) is 17.1. The van der Waals surface area contributed by atoms with Crippen molar-refractivity contribution in [2.75, 3.05) is 9.80 Å². The van der Waals surface area contributed by atoms with Gasteiger partial charge in [0, 0.05) is 44.9 Å². The Kier molecular flexibility index (Phi) is 15.7. The summed E-state index contributed by atoms with van der Waals surface area (Å²) in [5.74, 6) is 0. The summed E-state index contributed by atoms with van der Waals surface area (Å²) in [6.07, 6.45) is 0. The van der Waals surface area contributed by atoms with Gasteiger partial charge >= 0.3 is 0 Å². The number of fused-ring (bicyclic) bond motifs is 7. The lowest BCUT2D eigenvalue weighted by Gasteiger charge is -2.45. The molecular weight excluding hydrogens is 1260 g/mol. The van der Waals surface area contributed by atoms with Crippen molar-refractivity contribution in [3.05, 3.63) is 362 Å². The first-order valence-electron chi connectivity index (χ1n) is 36.3. The van der Waals surface area contributed by atoms with Crippen LogP contribution in [-0.4, -0.2) is 27.4 Å². The molecule has 0 bridgehead atoms. The summed E-state index contributed by atoms with van der Waals surface area (Å²) in [6.45, 7) is 20.9. The molecule has 494 valence electrons. The summed E-state index contributed by atoms with van der Waals surface area (Å²) >= 11 is 0. The van der Waals surface area contributed by atoms with Crippen molar-refractivity contribution < 1.29 is 0 Å². The third-order valence-electron chi connectivity index (χ3n) is 22.1. The topological polar surface area (TPSA) is 11.4 Å². The van der Waals surface area contributed by atoms with Gasteiger partial charge < -0.3 is 14.4 Å². The smallest absolute Gasteiger partial charge is 0.252 e. The molecule has 1 aromatic heterocycles. The second kappa shape index (κ2) is 24.9. The molecule has 0 saturated carbocycles. The Hall–Kier alpha value is -11.0. The number of anilines is 6. The molecule has 0 unspecified atom stereocenters. The Morgan fingerprint density at radius 1 is 0.245 bits per heavy atom.